The van der Waals surface area contributed by atoms with E-state index in [0.29, 0.717) is 29.6 Å². The third-order valence-corrected chi connectivity index (χ3v) is 4.48. The molecule has 7 nitrogen and oxygen atoms in total. The van der Waals surface area contributed by atoms with Gasteiger partial charge in [0.25, 0.3) is 0 Å². The van der Waals surface area contributed by atoms with Crippen LogP contribution in [0.5, 0.6) is 11.5 Å². The normalized spacial score (nSPS) is 13.1. The number of hydrogen-bond acceptors (Lipinski definition) is 4. The Hall–Kier alpha value is -3.43. The molecule has 0 aliphatic carbocycles. The number of alkyl halides is 3. The molecule has 1 aliphatic rings. The van der Waals surface area contributed by atoms with Gasteiger partial charge in [0.15, 0.2) is 17.5 Å². The Bertz CT molecular complexity index is 961. The molecule has 166 valence electrons. The van der Waals surface area contributed by atoms with E-state index >= 15 is 0 Å². The second kappa shape index (κ2) is 9.59. The minimum Gasteiger partial charge on any atom is -0.454 e. The highest BCUT2D eigenvalue weighted by Gasteiger charge is 2.30. The predicted molar refractivity (Wildman–Crippen MR) is 109 cm³/mol. The number of ether oxygens (including phenoxy) is 2. The lowest BCUT2D eigenvalue weighted by Gasteiger charge is -2.15. The van der Waals surface area contributed by atoms with Crippen LogP contribution in [0, 0.1) is 0 Å². The highest BCUT2D eigenvalue weighted by molar-refractivity contribution is 5.86. The van der Waals surface area contributed by atoms with Crippen LogP contribution in [-0.4, -0.2) is 44.2 Å². The van der Waals surface area contributed by atoms with Crippen molar-refractivity contribution in [1.29, 1.82) is 0 Å². The first-order valence-electron chi connectivity index (χ1n) is 9.49. The molecule has 0 bridgehead atoms. The molecular formula is C21H23F3N4O3. The zero-order valence-corrected chi connectivity index (χ0v) is 17.1. The van der Waals surface area contributed by atoms with Crippen molar-refractivity contribution >= 4 is 11.9 Å². The minimum absolute atomic E-state index is 0.0105. The van der Waals surface area contributed by atoms with E-state index in [2.05, 4.69) is 15.6 Å². The fraction of sp³-hybridized carbons (Fsp3) is 0.333. The second-order valence-corrected chi connectivity index (χ2v) is 7.05. The number of benzene rings is 2. The Kier molecular flexibility index (Phi) is 6.88. The van der Waals surface area contributed by atoms with Gasteiger partial charge in [-0.3, -0.25) is 4.79 Å². The zero-order valence-electron chi connectivity index (χ0n) is 17.1. The number of nitrogens with one attached hydrogen (secondary N) is 2. The van der Waals surface area contributed by atoms with Gasteiger partial charge in [-0.1, -0.05) is 18.2 Å². The van der Waals surface area contributed by atoms with Gasteiger partial charge in [0.05, 0.1) is 18.7 Å². The maximum Gasteiger partial charge on any atom is 0.416 e. The molecule has 2 N–H and O–H groups in total. The van der Waals surface area contributed by atoms with Crippen LogP contribution in [0.3, 0.4) is 0 Å². The average Bonchev–Trinajstić information content (AvgIpc) is 3.20. The Morgan fingerprint density at radius 2 is 1.84 bits per heavy atom. The van der Waals surface area contributed by atoms with Crippen LogP contribution in [0.2, 0.25) is 0 Å². The highest BCUT2D eigenvalue weighted by Crippen LogP contribution is 2.32. The molecule has 0 radical (unpaired) electrons. The third kappa shape index (κ3) is 6.27. The molecule has 0 spiro atoms. The molecule has 0 aromatic heterocycles. The van der Waals surface area contributed by atoms with Crippen molar-refractivity contribution in [2.75, 3.05) is 27.4 Å². The van der Waals surface area contributed by atoms with Crippen LogP contribution in [0.4, 0.5) is 13.2 Å². The summed E-state index contributed by atoms with van der Waals surface area (Å²) in [6.45, 7) is 0.532. The van der Waals surface area contributed by atoms with Gasteiger partial charge >= 0.3 is 6.18 Å². The van der Waals surface area contributed by atoms with Gasteiger partial charge < -0.3 is 25.0 Å². The molecule has 2 aromatic rings. The summed E-state index contributed by atoms with van der Waals surface area (Å²) in [7, 11) is 3.26. The molecule has 31 heavy (non-hydrogen) atoms. The van der Waals surface area contributed by atoms with Crippen molar-refractivity contribution in [2.45, 2.75) is 19.3 Å². The van der Waals surface area contributed by atoms with Crippen molar-refractivity contribution in [3.8, 4) is 11.5 Å². The van der Waals surface area contributed by atoms with E-state index in [0.717, 1.165) is 17.7 Å². The van der Waals surface area contributed by atoms with Crippen molar-refractivity contribution in [3.05, 3.63) is 59.2 Å². The van der Waals surface area contributed by atoms with E-state index in [1.165, 1.54) is 11.0 Å². The molecule has 3 rings (SSSR count). The number of halogens is 3. The van der Waals surface area contributed by atoms with Crippen molar-refractivity contribution in [3.63, 3.8) is 0 Å². The molecule has 0 saturated carbocycles. The Balaban J connectivity index is 1.70. The van der Waals surface area contributed by atoms with E-state index < -0.39 is 11.7 Å². The van der Waals surface area contributed by atoms with Crippen LogP contribution in [0.1, 0.15) is 16.7 Å². The summed E-state index contributed by atoms with van der Waals surface area (Å²) in [5.41, 5.74) is 0.556. The smallest absolute Gasteiger partial charge is 0.416 e. The topological polar surface area (TPSA) is 75.2 Å². The highest BCUT2D eigenvalue weighted by atomic mass is 19.4. The van der Waals surface area contributed by atoms with Gasteiger partial charge in [-0.2, -0.15) is 13.2 Å². The van der Waals surface area contributed by atoms with Crippen LogP contribution < -0.4 is 20.1 Å². The van der Waals surface area contributed by atoms with Crippen molar-refractivity contribution < 1.29 is 27.4 Å². The van der Waals surface area contributed by atoms with Crippen LogP contribution in [0.15, 0.2) is 47.5 Å². The van der Waals surface area contributed by atoms with Crippen LogP contribution in [0.25, 0.3) is 0 Å². The first-order valence-corrected chi connectivity index (χ1v) is 9.49. The lowest BCUT2D eigenvalue weighted by atomic mass is 10.1. The average molecular weight is 436 g/mol. The van der Waals surface area contributed by atoms with Gasteiger partial charge in [-0.25, -0.2) is 4.99 Å². The summed E-state index contributed by atoms with van der Waals surface area (Å²) >= 11 is 0. The summed E-state index contributed by atoms with van der Waals surface area (Å²) in [5.74, 6) is 1.43. The van der Waals surface area contributed by atoms with Crippen molar-refractivity contribution in [2.24, 2.45) is 4.99 Å². The van der Waals surface area contributed by atoms with Gasteiger partial charge in [0.2, 0.25) is 12.7 Å². The number of likely N-dealkylation sites (N-methyl/N-ethyl adjacent to an activating group) is 1. The molecule has 0 fully saturated rings. The quantitative estimate of drug-likeness (QED) is 0.538. The lowest BCUT2D eigenvalue weighted by Crippen LogP contribution is -2.42. The molecule has 1 amide bonds. The Morgan fingerprint density at radius 3 is 2.58 bits per heavy atom. The van der Waals surface area contributed by atoms with E-state index in [1.54, 1.807) is 26.2 Å². The number of aliphatic imine (C=N–C) groups is 1. The van der Waals surface area contributed by atoms with Gasteiger partial charge in [-0.05, 0) is 35.4 Å². The van der Waals surface area contributed by atoms with E-state index in [1.807, 2.05) is 12.1 Å². The Morgan fingerprint density at radius 1 is 1.06 bits per heavy atom. The predicted octanol–water partition coefficient (Wildman–Crippen LogP) is 2.76. The zero-order chi connectivity index (χ0) is 22.4. The number of rotatable bonds is 6. The summed E-state index contributed by atoms with van der Waals surface area (Å²) < 4.78 is 49.4. The maximum absolute atomic E-state index is 12.9. The summed E-state index contributed by atoms with van der Waals surface area (Å²) in [6, 6.07) is 10.5. The van der Waals surface area contributed by atoms with E-state index in [-0.39, 0.29) is 25.8 Å². The van der Waals surface area contributed by atoms with Gasteiger partial charge in [0.1, 0.15) is 0 Å². The molecule has 1 heterocycles. The number of hydrogen-bond donors (Lipinski definition) is 2. The van der Waals surface area contributed by atoms with Crippen LogP contribution >= 0.6 is 0 Å². The van der Waals surface area contributed by atoms with Crippen LogP contribution in [-0.2, 0) is 24.1 Å². The number of nitrogens with zero attached hydrogens (tertiary/aromatic N) is 2. The fourth-order valence-electron chi connectivity index (χ4n) is 2.74. The number of fused-ring (bicyclic) bond motifs is 1. The molecule has 0 atom stereocenters. The first kappa shape index (κ1) is 22.3. The largest absolute Gasteiger partial charge is 0.454 e. The summed E-state index contributed by atoms with van der Waals surface area (Å²) in [6.07, 6.45) is -4.42. The molecule has 0 saturated heterocycles. The van der Waals surface area contributed by atoms with Gasteiger partial charge in [0, 0.05) is 20.6 Å². The summed E-state index contributed by atoms with van der Waals surface area (Å²) in [5, 5.41) is 5.99. The molecular weight excluding hydrogens is 413 g/mol. The lowest BCUT2D eigenvalue weighted by molar-refractivity contribution is -0.137. The summed E-state index contributed by atoms with van der Waals surface area (Å²) in [4.78, 5) is 17.7. The number of guanidine groups is 1. The molecule has 10 heteroatoms. The van der Waals surface area contributed by atoms with E-state index in [4.69, 9.17) is 9.47 Å². The van der Waals surface area contributed by atoms with E-state index in [9.17, 15) is 18.0 Å². The number of amides is 1. The standard InChI is InChI=1S/C21H23F3N4O3/c1-28(2)19(29)12-27-20(25-10-14-4-3-5-16(8-14)21(22,23)24)26-11-15-6-7-17-18(9-15)31-13-30-17/h3-9H,10-13H2,1-2H3,(H2,25,26,27). The first-order chi connectivity index (χ1) is 14.7. The van der Waals surface area contributed by atoms with Crippen molar-refractivity contribution in [1.82, 2.24) is 15.5 Å². The minimum atomic E-state index is -4.42. The van der Waals surface area contributed by atoms with Gasteiger partial charge in [-0.15, -0.1) is 0 Å². The fourth-order valence-corrected chi connectivity index (χ4v) is 2.74. The molecule has 2 aromatic carbocycles. The molecule has 0 unspecified atom stereocenters. The SMILES string of the molecule is CN(C)C(=O)CNC(=NCc1cccc(C(F)(F)F)c1)NCc1ccc2c(c1)OCO2. The monoisotopic (exact) mass is 436 g/mol. The Labute approximate surface area is 177 Å². The second-order valence-electron chi connectivity index (χ2n) is 7.05. The maximum atomic E-state index is 12.9. The third-order valence-electron chi connectivity index (χ3n) is 4.48. The number of carbonyl (C=O) groups excluding carboxylic acids is 1. The molecule has 1 aliphatic heterocycles. The number of carbonyl (C=O) groups is 1.